The molecule has 1 aromatic rings. The molecular formula is C13H18N2O4S. The first-order valence-corrected chi connectivity index (χ1v) is 7.98. The predicted molar refractivity (Wildman–Crippen MR) is 74.0 cm³/mol. The van der Waals surface area contributed by atoms with Crippen LogP contribution in [0.3, 0.4) is 0 Å². The minimum atomic E-state index is -3.55. The molecule has 0 aliphatic carbocycles. The second-order valence-electron chi connectivity index (χ2n) is 4.40. The molecule has 0 saturated carbocycles. The van der Waals surface area contributed by atoms with E-state index in [9.17, 15) is 13.2 Å². The molecule has 0 atom stereocenters. The fraction of sp³-hybridized carbons (Fsp3) is 0.462. The van der Waals surface area contributed by atoms with E-state index in [1.165, 1.54) is 16.4 Å². The summed E-state index contributed by atoms with van der Waals surface area (Å²) in [4.78, 5) is 11.8. The standard InChI is InChI=1S/C13H18N2O4S/c1-2-19-13(16)11-4-3-5-12(10-11)20(17,18)15-8-6-14-7-9-15/h3-5,10,14H,2,6-9H2,1H3. The number of carbonyl (C=O) groups excluding carboxylic acids is 1. The largest absolute Gasteiger partial charge is 0.462 e. The highest BCUT2D eigenvalue weighted by Crippen LogP contribution is 2.18. The van der Waals surface area contributed by atoms with Crippen LogP contribution in [-0.4, -0.2) is 51.5 Å². The van der Waals surface area contributed by atoms with E-state index in [2.05, 4.69) is 5.32 Å². The first-order chi connectivity index (χ1) is 9.55. The molecule has 1 aliphatic rings. The Kier molecular flexibility index (Phi) is 4.74. The van der Waals surface area contributed by atoms with Gasteiger partial charge in [-0.05, 0) is 25.1 Å². The minimum absolute atomic E-state index is 0.130. The summed E-state index contributed by atoms with van der Waals surface area (Å²) in [7, 11) is -3.55. The van der Waals surface area contributed by atoms with E-state index in [-0.39, 0.29) is 17.1 Å². The number of carbonyl (C=O) groups is 1. The molecular weight excluding hydrogens is 280 g/mol. The smallest absolute Gasteiger partial charge is 0.338 e. The van der Waals surface area contributed by atoms with Crippen molar-refractivity contribution in [1.82, 2.24) is 9.62 Å². The summed E-state index contributed by atoms with van der Waals surface area (Å²) in [6.07, 6.45) is 0. The molecule has 0 aromatic heterocycles. The SMILES string of the molecule is CCOC(=O)c1cccc(S(=O)(=O)N2CCNCC2)c1. The van der Waals surface area contributed by atoms with Crippen molar-refractivity contribution in [2.75, 3.05) is 32.8 Å². The van der Waals surface area contributed by atoms with E-state index in [0.29, 0.717) is 26.2 Å². The Balaban J connectivity index is 2.27. The highest BCUT2D eigenvalue weighted by atomic mass is 32.2. The lowest BCUT2D eigenvalue weighted by atomic mass is 10.2. The number of benzene rings is 1. The maximum Gasteiger partial charge on any atom is 0.338 e. The molecule has 0 bridgehead atoms. The number of rotatable bonds is 4. The zero-order chi connectivity index (χ0) is 14.6. The van der Waals surface area contributed by atoms with Gasteiger partial charge < -0.3 is 10.1 Å². The lowest BCUT2D eigenvalue weighted by Gasteiger charge is -2.26. The molecule has 1 heterocycles. The number of hydrogen-bond acceptors (Lipinski definition) is 5. The first-order valence-electron chi connectivity index (χ1n) is 6.53. The summed E-state index contributed by atoms with van der Waals surface area (Å²) in [6.45, 7) is 4.11. The summed E-state index contributed by atoms with van der Waals surface area (Å²) in [6, 6.07) is 5.98. The first kappa shape index (κ1) is 15.0. The maximum atomic E-state index is 12.5. The number of nitrogens with zero attached hydrogens (tertiary/aromatic N) is 1. The van der Waals surface area contributed by atoms with E-state index in [0.717, 1.165) is 0 Å². The van der Waals surface area contributed by atoms with Gasteiger partial charge in [-0.1, -0.05) is 6.07 Å². The van der Waals surface area contributed by atoms with Crippen molar-refractivity contribution >= 4 is 16.0 Å². The summed E-state index contributed by atoms with van der Waals surface area (Å²) in [5, 5.41) is 3.10. The molecule has 2 rings (SSSR count). The third-order valence-corrected chi connectivity index (χ3v) is 4.95. The molecule has 1 saturated heterocycles. The van der Waals surface area contributed by atoms with Crippen molar-refractivity contribution in [2.45, 2.75) is 11.8 Å². The molecule has 1 fully saturated rings. The van der Waals surface area contributed by atoms with E-state index in [1.807, 2.05) is 0 Å². The molecule has 0 radical (unpaired) electrons. The molecule has 1 aliphatic heterocycles. The predicted octanol–water partition coefficient (Wildman–Crippen LogP) is 0.457. The van der Waals surface area contributed by atoms with Gasteiger partial charge in [-0.2, -0.15) is 4.31 Å². The van der Waals surface area contributed by atoms with Crippen molar-refractivity contribution in [2.24, 2.45) is 0 Å². The Labute approximate surface area is 118 Å². The van der Waals surface area contributed by atoms with Crippen LogP contribution in [0.25, 0.3) is 0 Å². The molecule has 20 heavy (non-hydrogen) atoms. The van der Waals surface area contributed by atoms with Crippen LogP contribution in [0.1, 0.15) is 17.3 Å². The van der Waals surface area contributed by atoms with Gasteiger partial charge in [0.2, 0.25) is 10.0 Å². The average molecular weight is 298 g/mol. The number of esters is 1. The third kappa shape index (κ3) is 3.17. The van der Waals surface area contributed by atoms with Gasteiger partial charge in [-0.15, -0.1) is 0 Å². The number of piperazine rings is 1. The van der Waals surface area contributed by atoms with Crippen LogP contribution in [0, 0.1) is 0 Å². The Morgan fingerprint density at radius 3 is 2.70 bits per heavy atom. The highest BCUT2D eigenvalue weighted by Gasteiger charge is 2.26. The van der Waals surface area contributed by atoms with E-state index < -0.39 is 16.0 Å². The van der Waals surface area contributed by atoms with Crippen LogP contribution in [0.5, 0.6) is 0 Å². The Bertz CT molecular complexity index is 580. The lowest BCUT2D eigenvalue weighted by Crippen LogP contribution is -2.46. The fourth-order valence-corrected chi connectivity index (χ4v) is 3.52. The van der Waals surface area contributed by atoms with E-state index in [1.54, 1.807) is 19.1 Å². The summed E-state index contributed by atoms with van der Waals surface area (Å²) >= 11 is 0. The Morgan fingerprint density at radius 1 is 1.35 bits per heavy atom. The van der Waals surface area contributed by atoms with Crippen molar-refractivity contribution < 1.29 is 17.9 Å². The van der Waals surface area contributed by atoms with Crippen LogP contribution < -0.4 is 5.32 Å². The monoisotopic (exact) mass is 298 g/mol. The molecule has 1 N–H and O–H groups in total. The van der Waals surface area contributed by atoms with Crippen molar-refractivity contribution in [3.05, 3.63) is 29.8 Å². The van der Waals surface area contributed by atoms with Gasteiger partial charge >= 0.3 is 5.97 Å². The second kappa shape index (κ2) is 6.34. The van der Waals surface area contributed by atoms with Gasteiger partial charge in [0.05, 0.1) is 17.1 Å². The third-order valence-electron chi connectivity index (χ3n) is 3.06. The molecule has 0 amide bonds. The molecule has 0 spiro atoms. The second-order valence-corrected chi connectivity index (χ2v) is 6.34. The number of ether oxygens (including phenoxy) is 1. The molecule has 6 nitrogen and oxygen atoms in total. The normalized spacial score (nSPS) is 16.9. The van der Waals surface area contributed by atoms with Crippen LogP contribution in [0.4, 0.5) is 0 Å². The van der Waals surface area contributed by atoms with Gasteiger partial charge in [-0.25, -0.2) is 13.2 Å². The molecule has 1 aromatic carbocycles. The zero-order valence-corrected chi connectivity index (χ0v) is 12.1. The van der Waals surface area contributed by atoms with Crippen molar-refractivity contribution in [3.8, 4) is 0 Å². The topological polar surface area (TPSA) is 75.7 Å². The van der Waals surface area contributed by atoms with Gasteiger partial charge in [0.1, 0.15) is 0 Å². The van der Waals surface area contributed by atoms with E-state index in [4.69, 9.17) is 4.74 Å². The minimum Gasteiger partial charge on any atom is -0.462 e. The Hall–Kier alpha value is -1.44. The molecule has 0 unspecified atom stereocenters. The van der Waals surface area contributed by atoms with Crippen LogP contribution in [0.15, 0.2) is 29.2 Å². The maximum absolute atomic E-state index is 12.5. The lowest BCUT2D eigenvalue weighted by molar-refractivity contribution is 0.0526. The summed E-state index contributed by atoms with van der Waals surface area (Å²) in [5.74, 6) is -0.509. The number of nitrogens with one attached hydrogen (secondary N) is 1. The van der Waals surface area contributed by atoms with Crippen LogP contribution >= 0.6 is 0 Å². The van der Waals surface area contributed by atoms with Gasteiger partial charge in [0.25, 0.3) is 0 Å². The quantitative estimate of drug-likeness (QED) is 0.817. The van der Waals surface area contributed by atoms with Crippen LogP contribution in [-0.2, 0) is 14.8 Å². The van der Waals surface area contributed by atoms with Gasteiger partial charge in [0.15, 0.2) is 0 Å². The van der Waals surface area contributed by atoms with Gasteiger partial charge in [-0.3, -0.25) is 0 Å². The van der Waals surface area contributed by atoms with E-state index >= 15 is 0 Å². The highest BCUT2D eigenvalue weighted by molar-refractivity contribution is 7.89. The zero-order valence-electron chi connectivity index (χ0n) is 11.3. The summed E-state index contributed by atoms with van der Waals surface area (Å²) in [5.41, 5.74) is 0.253. The van der Waals surface area contributed by atoms with Crippen LogP contribution in [0.2, 0.25) is 0 Å². The van der Waals surface area contributed by atoms with Crippen molar-refractivity contribution in [1.29, 1.82) is 0 Å². The number of hydrogen-bond donors (Lipinski definition) is 1. The Morgan fingerprint density at radius 2 is 2.05 bits per heavy atom. The summed E-state index contributed by atoms with van der Waals surface area (Å²) < 4.78 is 31.2. The molecule has 110 valence electrons. The average Bonchev–Trinajstić information content (AvgIpc) is 2.48. The number of sulfonamides is 1. The molecule has 7 heteroatoms. The van der Waals surface area contributed by atoms with Gasteiger partial charge in [0, 0.05) is 26.2 Å². The van der Waals surface area contributed by atoms with Crippen molar-refractivity contribution in [3.63, 3.8) is 0 Å². The fourth-order valence-electron chi connectivity index (χ4n) is 2.03.